The van der Waals surface area contributed by atoms with Gasteiger partial charge in [0, 0.05) is 18.9 Å². The van der Waals surface area contributed by atoms with E-state index in [-0.39, 0.29) is 0 Å². The van der Waals surface area contributed by atoms with Crippen molar-refractivity contribution < 1.29 is 0 Å². The zero-order valence-electron chi connectivity index (χ0n) is 14.6. The van der Waals surface area contributed by atoms with Gasteiger partial charge in [-0.05, 0) is 55.1 Å². The molecule has 2 nitrogen and oxygen atoms in total. The molecule has 0 bridgehead atoms. The van der Waals surface area contributed by atoms with Gasteiger partial charge in [0.1, 0.15) is 0 Å². The van der Waals surface area contributed by atoms with Gasteiger partial charge in [-0.15, -0.1) is 0 Å². The van der Waals surface area contributed by atoms with Gasteiger partial charge in [0.2, 0.25) is 0 Å². The zero-order valence-corrected chi connectivity index (χ0v) is 14.6. The SMILES string of the molecule is CC(C)CCCN(C)Cc1ccccc1/C=C\c1cccnc1. The van der Waals surface area contributed by atoms with Crippen LogP contribution in [0.5, 0.6) is 0 Å². The van der Waals surface area contributed by atoms with Gasteiger partial charge in [-0.1, -0.05) is 56.3 Å². The van der Waals surface area contributed by atoms with Crippen LogP contribution in [0.15, 0.2) is 48.8 Å². The van der Waals surface area contributed by atoms with Crippen LogP contribution in [0.1, 0.15) is 43.4 Å². The Balaban J connectivity index is 1.98. The summed E-state index contributed by atoms with van der Waals surface area (Å²) in [5.41, 5.74) is 3.79. The molecule has 0 N–H and O–H groups in total. The van der Waals surface area contributed by atoms with Crippen LogP contribution in [0.4, 0.5) is 0 Å². The lowest BCUT2D eigenvalue weighted by atomic mass is 10.0. The lowest BCUT2D eigenvalue weighted by Crippen LogP contribution is -2.20. The third kappa shape index (κ3) is 6.37. The van der Waals surface area contributed by atoms with Crippen LogP contribution in [-0.2, 0) is 6.54 Å². The summed E-state index contributed by atoms with van der Waals surface area (Å²) < 4.78 is 0. The standard InChI is InChI=1S/C21H28N2/c1-18(2)8-7-15-23(3)17-21-11-5-4-10-20(21)13-12-19-9-6-14-22-16-19/h4-6,9-14,16,18H,7-8,15,17H2,1-3H3/b13-12-. The van der Waals surface area contributed by atoms with E-state index in [1.165, 1.54) is 24.0 Å². The Labute approximate surface area is 140 Å². The molecular weight excluding hydrogens is 280 g/mol. The lowest BCUT2D eigenvalue weighted by molar-refractivity contribution is 0.310. The summed E-state index contributed by atoms with van der Waals surface area (Å²) in [6, 6.07) is 12.7. The summed E-state index contributed by atoms with van der Waals surface area (Å²) in [6.45, 7) is 6.72. The molecular formula is C21H28N2. The van der Waals surface area contributed by atoms with Crippen molar-refractivity contribution in [3.05, 3.63) is 65.5 Å². The number of benzene rings is 1. The first-order valence-electron chi connectivity index (χ1n) is 8.49. The molecule has 2 heteroatoms. The maximum absolute atomic E-state index is 4.16. The summed E-state index contributed by atoms with van der Waals surface area (Å²) in [6.07, 6.45) is 10.6. The topological polar surface area (TPSA) is 16.1 Å². The van der Waals surface area contributed by atoms with E-state index in [1.807, 2.05) is 12.3 Å². The number of rotatable bonds is 8. The number of pyridine rings is 1. The highest BCUT2D eigenvalue weighted by Crippen LogP contribution is 2.15. The van der Waals surface area contributed by atoms with E-state index in [4.69, 9.17) is 0 Å². The van der Waals surface area contributed by atoms with Gasteiger partial charge in [0.05, 0.1) is 0 Å². The second kappa shape index (κ2) is 9.26. The fraction of sp³-hybridized carbons (Fsp3) is 0.381. The van der Waals surface area contributed by atoms with E-state index >= 15 is 0 Å². The number of nitrogens with zero attached hydrogens (tertiary/aromatic N) is 2. The van der Waals surface area contributed by atoms with Gasteiger partial charge < -0.3 is 4.90 Å². The van der Waals surface area contributed by atoms with Crippen LogP contribution in [0.25, 0.3) is 12.2 Å². The minimum absolute atomic E-state index is 0.790. The second-order valence-electron chi connectivity index (χ2n) is 6.59. The normalized spacial score (nSPS) is 11.7. The molecule has 0 aliphatic heterocycles. The molecule has 0 saturated carbocycles. The highest BCUT2D eigenvalue weighted by Gasteiger charge is 2.04. The van der Waals surface area contributed by atoms with Crippen LogP contribution in [0, 0.1) is 5.92 Å². The van der Waals surface area contributed by atoms with Crippen molar-refractivity contribution in [2.75, 3.05) is 13.6 Å². The van der Waals surface area contributed by atoms with E-state index in [2.05, 4.69) is 73.3 Å². The molecule has 0 aliphatic rings. The van der Waals surface area contributed by atoms with Gasteiger partial charge in [0.25, 0.3) is 0 Å². The van der Waals surface area contributed by atoms with Crippen molar-refractivity contribution in [3.8, 4) is 0 Å². The van der Waals surface area contributed by atoms with Crippen molar-refractivity contribution in [1.29, 1.82) is 0 Å². The van der Waals surface area contributed by atoms with Crippen molar-refractivity contribution >= 4 is 12.2 Å². The molecule has 0 saturated heterocycles. The van der Waals surface area contributed by atoms with Gasteiger partial charge in [-0.3, -0.25) is 4.98 Å². The van der Waals surface area contributed by atoms with E-state index in [0.29, 0.717) is 0 Å². The predicted molar refractivity (Wildman–Crippen MR) is 100 cm³/mol. The first-order valence-corrected chi connectivity index (χ1v) is 8.49. The van der Waals surface area contributed by atoms with Crippen LogP contribution in [0.2, 0.25) is 0 Å². The van der Waals surface area contributed by atoms with Crippen molar-refractivity contribution in [2.24, 2.45) is 5.92 Å². The molecule has 2 rings (SSSR count). The Kier molecular flexibility index (Phi) is 7.02. The van der Waals surface area contributed by atoms with Gasteiger partial charge in [-0.2, -0.15) is 0 Å². The number of hydrogen-bond donors (Lipinski definition) is 0. The fourth-order valence-corrected chi connectivity index (χ4v) is 2.64. The molecule has 1 aromatic heterocycles. The predicted octanol–water partition coefficient (Wildman–Crippen LogP) is 5.12. The lowest BCUT2D eigenvalue weighted by Gasteiger charge is -2.18. The van der Waals surface area contributed by atoms with Crippen LogP contribution in [-0.4, -0.2) is 23.5 Å². The molecule has 0 fully saturated rings. The number of aromatic nitrogens is 1. The number of hydrogen-bond acceptors (Lipinski definition) is 2. The quantitative estimate of drug-likeness (QED) is 0.673. The third-order valence-electron chi connectivity index (χ3n) is 3.96. The third-order valence-corrected chi connectivity index (χ3v) is 3.96. The van der Waals surface area contributed by atoms with Gasteiger partial charge in [-0.25, -0.2) is 0 Å². The van der Waals surface area contributed by atoms with E-state index in [0.717, 1.165) is 24.6 Å². The molecule has 1 heterocycles. The molecule has 122 valence electrons. The van der Waals surface area contributed by atoms with E-state index < -0.39 is 0 Å². The van der Waals surface area contributed by atoms with Crippen molar-refractivity contribution in [3.63, 3.8) is 0 Å². The summed E-state index contributed by atoms with van der Waals surface area (Å²) in [7, 11) is 2.21. The highest BCUT2D eigenvalue weighted by atomic mass is 15.1. The first kappa shape index (κ1) is 17.4. The zero-order chi connectivity index (χ0) is 16.5. The molecule has 0 aliphatic carbocycles. The highest BCUT2D eigenvalue weighted by molar-refractivity contribution is 5.70. The second-order valence-corrected chi connectivity index (χ2v) is 6.59. The minimum atomic E-state index is 0.790. The molecule has 0 radical (unpaired) electrons. The Morgan fingerprint density at radius 3 is 2.65 bits per heavy atom. The maximum Gasteiger partial charge on any atom is 0.0340 e. The average Bonchev–Trinajstić information content (AvgIpc) is 2.54. The molecule has 0 atom stereocenters. The smallest absolute Gasteiger partial charge is 0.0340 e. The Hall–Kier alpha value is -1.93. The Morgan fingerprint density at radius 1 is 1.09 bits per heavy atom. The first-order chi connectivity index (χ1) is 11.1. The van der Waals surface area contributed by atoms with Gasteiger partial charge in [0.15, 0.2) is 0 Å². The van der Waals surface area contributed by atoms with E-state index in [9.17, 15) is 0 Å². The van der Waals surface area contributed by atoms with Crippen molar-refractivity contribution in [1.82, 2.24) is 9.88 Å². The molecule has 0 amide bonds. The van der Waals surface area contributed by atoms with Crippen molar-refractivity contribution in [2.45, 2.75) is 33.2 Å². The molecule has 23 heavy (non-hydrogen) atoms. The Morgan fingerprint density at radius 2 is 1.91 bits per heavy atom. The maximum atomic E-state index is 4.16. The summed E-state index contributed by atoms with van der Waals surface area (Å²) in [5.74, 6) is 0.790. The van der Waals surface area contributed by atoms with Crippen LogP contribution in [0.3, 0.4) is 0 Å². The summed E-state index contributed by atoms with van der Waals surface area (Å²) in [5, 5.41) is 0. The minimum Gasteiger partial charge on any atom is -0.302 e. The molecule has 1 aromatic carbocycles. The Bertz CT molecular complexity index is 602. The largest absolute Gasteiger partial charge is 0.302 e. The van der Waals surface area contributed by atoms with Gasteiger partial charge >= 0.3 is 0 Å². The fourth-order valence-electron chi connectivity index (χ4n) is 2.64. The molecule has 0 spiro atoms. The summed E-state index contributed by atoms with van der Waals surface area (Å²) in [4.78, 5) is 6.57. The monoisotopic (exact) mass is 308 g/mol. The van der Waals surface area contributed by atoms with Crippen LogP contribution >= 0.6 is 0 Å². The summed E-state index contributed by atoms with van der Waals surface area (Å²) >= 11 is 0. The average molecular weight is 308 g/mol. The van der Waals surface area contributed by atoms with E-state index in [1.54, 1.807) is 6.20 Å². The molecule has 0 unspecified atom stereocenters. The molecule has 2 aromatic rings. The van der Waals surface area contributed by atoms with Crippen LogP contribution < -0.4 is 0 Å².